The van der Waals surface area contributed by atoms with Crippen LogP contribution in [0.1, 0.15) is 15.9 Å². The van der Waals surface area contributed by atoms with Gasteiger partial charge in [0.2, 0.25) is 0 Å². The lowest BCUT2D eigenvalue weighted by molar-refractivity contribution is 0.104. The van der Waals surface area contributed by atoms with E-state index >= 15 is 0 Å². The maximum Gasteiger partial charge on any atom is 0.189 e. The van der Waals surface area contributed by atoms with E-state index in [9.17, 15) is 9.90 Å². The lowest BCUT2D eigenvalue weighted by Crippen LogP contribution is -1.96. The van der Waals surface area contributed by atoms with Gasteiger partial charge in [0.1, 0.15) is 17.2 Å². The van der Waals surface area contributed by atoms with E-state index in [1.807, 2.05) is 30.3 Å². The van der Waals surface area contributed by atoms with E-state index in [0.717, 1.165) is 10.9 Å². The molecule has 0 fully saturated rings. The van der Waals surface area contributed by atoms with Crippen molar-refractivity contribution in [3.8, 4) is 17.2 Å². The van der Waals surface area contributed by atoms with Crippen LogP contribution in [0.3, 0.4) is 0 Å². The molecule has 0 amide bonds. The molecular weight excluding hydrogens is 316 g/mol. The number of rotatable bonds is 5. The summed E-state index contributed by atoms with van der Waals surface area (Å²) >= 11 is 0. The monoisotopic (exact) mass is 334 g/mol. The molecule has 25 heavy (non-hydrogen) atoms. The van der Waals surface area contributed by atoms with Crippen molar-refractivity contribution in [1.82, 2.24) is 0 Å². The molecule has 0 heterocycles. The maximum absolute atomic E-state index is 12.5. The van der Waals surface area contributed by atoms with Gasteiger partial charge in [-0.15, -0.1) is 0 Å². The lowest BCUT2D eigenvalue weighted by atomic mass is 10.0. The molecule has 3 rings (SSSR count). The minimum Gasteiger partial charge on any atom is -0.507 e. The van der Waals surface area contributed by atoms with Crippen LogP contribution < -0.4 is 9.47 Å². The van der Waals surface area contributed by atoms with Crippen molar-refractivity contribution in [3.05, 3.63) is 71.8 Å². The number of phenolic OH excluding ortho intramolecular Hbond substituents is 1. The molecule has 0 aliphatic rings. The van der Waals surface area contributed by atoms with Crippen molar-refractivity contribution in [2.75, 3.05) is 14.2 Å². The van der Waals surface area contributed by atoms with Gasteiger partial charge < -0.3 is 14.6 Å². The van der Waals surface area contributed by atoms with Crippen LogP contribution >= 0.6 is 0 Å². The third-order valence-electron chi connectivity index (χ3n) is 4.02. The Morgan fingerprint density at radius 2 is 1.80 bits per heavy atom. The van der Waals surface area contributed by atoms with Crippen molar-refractivity contribution in [2.45, 2.75) is 0 Å². The number of hydrogen-bond donors (Lipinski definition) is 1. The van der Waals surface area contributed by atoms with Gasteiger partial charge in [-0.05, 0) is 35.7 Å². The van der Waals surface area contributed by atoms with E-state index in [1.165, 1.54) is 6.08 Å². The maximum atomic E-state index is 12.5. The van der Waals surface area contributed by atoms with E-state index in [2.05, 4.69) is 0 Å². The Morgan fingerprint density at radius 1 is 1.00 bits per heavy atom. The number of aromatic hydroxyl groups is 1. The number of fused-ring (bicyclic) bond motifs is 1. The number of carbonyl (C=O) groups excluding carboxylic acids is 1. The predicted molar refractivity (Wildman–Crippen MR) is 98.5 cm³/mol. The number of carbonyl (C=O) groups is 1. The molecule has 0 aliphatic carbocycles. The van der Waals surface area contributed by atoms with E-state index in [-0.39, 0.29) is 17.1 Å². The van der Waals surface area contributed by atoms with Crippen LogP contribution in [0.4, 0.5) is 0 Å². The molecule has 4 nitrogen and oxygen atoms in total. The zero-order valence-electron chi connectivity index (χ0n) is 14.0. The van der Waals surface area contributed by atoms with Gasteiger partial charge in [0.05, 0.1) is 19.8 Å². The topological polar surface area (TPSA) is 55.8 Å². The fraction of sp³-hybridized carbons (Fsp3) is 0.0952. The Morgan fingerprint density at radius 3 is 2.56 bits per heavy atom. The molecular formula is C21H18O4. The number of ketones is 1. The molecule has 0 radical (unpaired) electrons. The Bertz CT molecular complexity index is 957. The highest BCUT2D eigenvalue weighted by molar-refractivity contribution is 6.11. The summed E-state index contributed by atoms with van der Waals surface area (Å²) in [5.41, 5.74) is 1.01. The van der Waals surface area contributed by atoms with E-state index in [1.54, 1.807) is 44.6 Å². The zero-order valence-corrected chi connectivity index (χ0v) is 14.0. The van der Waals surface area contributed by atoms with Crippen LogP contribution in [0, 0.1) is 0 Å². The standard InChI is InChI=1S/C21H18O4/c1-24-16-10-7-15(20(13-16)25-2)9-12-19(22)18-11-8-14-5-3-4-6-17(14)21(18)23/h3-13,23H,1-2H3/b12-9+. The van der Waals surface area contributed by atoms with Crippen LogP contribution in [-0.2, 0) is 0 Å². The molecule has 4 heteroatoms. The molecule has 0 aromatic heterocycles. The molecule has 0 saturated heterocycles. The van der Waals surface area contributed by atoms with Crippen molar-refractivity contribution in [3.63, 3.8) is 0 Å². The molecule has 0 bridgehead atoms. The highest BCUT2D eigenvalue weighted by Crippen LogP contribution is 2.30. The first-order chi connectivity index (χ1) is 12.1. The van der Waals surface area contributed by atoms with Gasteiger partial charge >= 0.3 is 0 Å². The Labute approximate surface area is 145 Å². The average molecular weight is 334 g/mol. The summed E-state index contributed by atoms with van der Waals surface area (Å²) < 4.78 is 10.5. The van der Waals surface area contributed by atoms with Gasteiger partial charge in [-0.1, -0.05) is 30.3 Å². The third kappa shape index (κ3) is 3.33. The highest BCUT2D eigenvalue weighted by atomic mass is 16.5. The molecule has 0 atom stereocenters. The van der Waals surface area contributed by atoms with E-state index < -0.39 is 0 Å². The van der Waals surface area contributed by atoms with Crippen molar-refractivity contribution in [1.29, 1.82) is 0 Å². The summed E-state index contributed by atoms with van der Waals surface area (Å²) in [5, 5.41) is 11.9. The lowest BCUT2D eigenvalue weighted by Gasteiger charge is -2.07. The first-order valence-electron chi connectivity index (χ1n) is 7.79. The van der Waals surface area contributed by atoms with Crippen LogP contribution in [0.5, 0.6) is 17.2 Å². The largest absolute Gasteiger partial charge is 0.507 e. The Kier molecular flexibility index (Phi) is 4.70. The minimum absolute atomic E-state index is 0.00514. The summed E-state index contributed by atoms with van der Waals surface area (Å²) in [6.45, 7) is 0. The molecule has 0 spiro atoms. The van der Waals surface area contributed by atoms with E-state index in [4.69, 9.17) is 9.47 Å². The molecule has 0 unspecified atom stereocenters. The second-order valence-corrected chi connectivity index (χ2v) is 5.49. The normalized spacial score (nSPS) is 11.0. The summed E-state index contributed by atoms with van der Waals surface area (Å²) in [5.74, 6) is 0.995. The summed E-state index contributed by atoms with van der Waals surface area (Å²) in [7, 11) is 3.14. The number of ether oxygens (including phenoxy) is 2. The smallest absolute Gasteiger partial charge is 0.189 e. The minimum atomic E-state index is -0.277. The van der Waals surface area contributed by atoms with Crippen LogP contribution in [0.2, 0.25) is 0 Å². The van der Waals surface area contributed by atoms with Gasteiger partial charge in [0.25, 0.3) is 0 Å². The molecule has 0 saturated carbocycles. The van der Waals surface area contributed by atoms with Crippen LogP contribution in [-0.4, -0.2) is 25.1 Å². The quantitative estimate of drug-likeness (QED) is 0.553. The Hall–Kier alpha value is -3.27. The van der Waals surface area contributed by atoms with Gasteiger partial charge in [0.15, 0.2) is 5.78 Å². The van der Waals surface area contributed by atoms with Crippen molar-refractivity contribution >= 4 is 22.6 Å². The molecule has 3 aromatic rings. The summed E-state index contributed by atoms with van der Waals surface area (Å²) in [4.78, 5) is 12.5. The summed E-state index contributed by atoms with van der Waals surface area (Å²) in [6.07, 6.45) is 3.09. The number of benzene rings is 3. The fourth-order valence-electron chi connectivity index (χ4n) is 2.67. The van der Waals surface area contributed by atoms with Gasteiger partial charge in [-0.25, -0.2) is 0 Å². The molecule has 126 valence electrons. The van der Waals surface area contributed by atoms with Gasteiger partial charge in [0, 0.05) is 17.0 Å². The third-order valence-corrected chi connectivity index (χ3v) is 4.02. The Balaban J connectivity index is 1.92. The van der Waals surface area contributed by atoms with Gasteiger partial charge in [-0.2, -0.15) is 0 Å². The number of hydrogen-bond acceptors (Lipinski definition) is 4. The summed E-state index contributed by atoms with van der Waals surface area (Å²) in [6, 6.07) is 16.2. The highest BCUT2D eigenvalue weighted by Gasteiger charge is 2.11. The first-order valence-corrected chi connectivity index (χ1v) is 7.79. The second-order valence-electron chi connectivity index (χ2n) is 5.49. The molecule has 1 N–H and O–H groups in total. The first kappa shape index (κ1) is 16.6. The molecule has 0 aliphatic heterocycles. The fourth-order valence-corrected chi connectivity index (χ4v) is 2.67. The SMILES string of the molecule is COc1ccc(/C=C/C(=O)c2ccc3ccccc3c2O)c(OC)c1. The number of methoxy groups -OCH3 is 2. The van der Waals surface area contributed by atoms with Crippen LogP contribution in [0.25, 0.3) is 16.8 Å². The number of phenols is 1. The predicted octanol–water partition coefficient (Wildman–Crippen LogP) is 4.46. The zero-order chi connectivity index (χ0) is 17.8. The van der Waals surface area contributed by atoms with Crippen molar-refractivity contribution < 1.29 is 19.4 Å². The van der Waals surface area contributed by atoms with E-state index in [0.29, 0.717) is 16.9 Å². The number of allylic oxidation sites excluding steroid dienone is 1. The molecule has 3 aromatic carbocycles. The van der Waals surface area contributed by atoms with Gasteiger partial charge in [-0.3, -0.25) is 4.79 Å². The van der Waals surface area contributed by atoms with Crippen LogP contribution in [0.15, 0.2) is 60.7 Å². The second kappa shape index (κ2) is 7.09. The van der Waals surface area contributed by atoms with Crippen molar-refractivity contribution in [2.24, 2.45) is 0 Å². The average Bonchev–Trinajstić information content (AvgIpc) is 2.66.